The molecule has 30 heavy (non-hydrogen) atoms. The second-order valence-corrected chi connectivity index (χ2v) is 6.71. The minimum absolute atomic E-state index is 0.251. The summed E-state index contributed by atoms with van der Waals surface area (Å²) in [5.74, 6) is 0.184. The van der Waals surface area contributed by atoms with Gasteiger partial charge in [-0.15, -0.1) is 0 Å². The van der Waals surface area contributed by atoms with Gasteiger partial charge in [0.05, 0.1) is 18.0 Å². The van der Waals surface area contributed by atoms with Crippen molar-refractivity contribution in [1.82, 2.24) is 4.98 Å². The van der Waals surface area contributed by atoms with Gasteiger partial charge in [0.2, 0.25) is 5.91 Å². The minimum atomic E-state index is -1.17. The van der Waals surface area contributed by atoms with E-state index in [2.05, 4.69) is 10.3 Å². The molecule has 1 aromatic heterocycles. The Hall–Kier alpha value is -3.49. The molecule has 0 fully saturated rings. The maximum atomic E-state index is 13.0. The van der Waals surface area contributed by atoms with Crippen LogP contribution in [0.15, 0.2) is 60.7 Å². The average molecular weight is 411 g/mol. The molecule has 7 nitrogen and oxygen atoms in total. The van der Waals surface area contributed by atoms with Crippen molar-refractivity contribution in [2.45, 2.75) is 19.1 Å². The lowest BCUT2D eigenvalue weighted by molar-refractivity contribution is -0.118. The molecule has 0 bridgehead atoms. The molecule has 0 aliphatic rings. The number of benzene rings is 2. The number of primary amides is 1. The fourth-order valence-corrected chi connectivity index (χ4v) is 2.70. The number of nitrogens with zero attached hydrogens (tertiary/aromatic N) is 1. The molecule has 0 radical (unpaired) electrons. The summed E-state index contributed by atoms with van der Waals surface area (Å²) in [5, 5.41) is 22.3. The molecule has 156 valence electrons. The van der Waals surface area contributed by atoms with Gasteiger partial charge in [0, 0.05) is 11.3 Å². The highest BCUT2D eigenvalue weighted by Crippen LogP contribution is 2.28. The van der Waals surface area contributed by atoms with Gasteiger partial charge < -0.3 is 26.0 Å². The average Bonchev–Trinajstić information content (AvgIpc) is 2.75. The Kier molecular flexibility index (Phi) is 6.61. The smallest absolute Gasteiger partial charge is 0.239 e. The van der Waals surface area contributed by atoms with Gasteiger partial charge in [-0.2, -0.15) is 0 Å². The molecule has 5 N–H and O–H groups in total. The first-order chi connectivity index (χ1) is 14.4. The SMILES string of the molecule is C[C@H](Nc1cc(-c2ccc(Oc3ccc(F)cc3)cc2)nc([C@H](O)CO)c1)C(N)=O. The fraction of sp³-hybridized carbons (Fsp3) is 0.182. The molecular weight excluding hydrogens is 389 g/mol. The maximum absolute atomic E-state index is 13.0. The van der Waals surface area contributed by atoms with Crippen LogP contribution in [0, 0.1) is 5.82 Å². The van der Waals surface area contributed by atoms with E-state index in [0.717, 1.165) is 5.56 Å². The molecule has 0 aliphatic carbocycles. The third-order valence-corrected chi connectivity index (χ3v) is 4.37. The van der Waals surface area contributed by atoms with Gasteiger partial charge in [0.15, 0.2) is 0 Å². The predicted octanol–water partition coefficient (Wildman–Crippen LogP) is 2.99. The largest absolute Gasteiger partial charge is 0.457 e. The van der Waals surface area contributed by atoms with Crippen LogP contribution in [-0.4, -0.2) is 33.8 Å². The van der Waals surface area contributed by atoms with E-state index >= 15 is 0 Å². The van der Waals surface area contributed by atoms with Crippen molar-refractivity contribution in [3.8, 4) is 22.8 Å². The summed E-state index contributed by atoms with van der Waals surface area (Å²) in [5.41, 5.74) is 7.33. The highest BCUT2D eigenvalue weighted by molar-refractivity contribution is 5.82. The zero-order valence-corrected chi connectivity index (χ0v) is 16.2. The first-order valence-corrected chi connectivity index (χ1v) is 9.26. The van der Waals surface area contributed by atoms with E-state index in [-0.39, 0.29) is 11.5 Å². The van der Waals surface area contributed by atoms with Gasteiger partial charge in [-0.25, -0.2) is 9.37 Å². The number of pyridine rings is 1. The van der Waals surface area contributed by atoms with Crippen LogP contribution in [0.2, 0.25) is 0 Å². The number of ether oxygens (including phenoxy) is 1. The molecule has 2 aromatic carbocycles. The Morgan fingerprint density at radius 1 is 1.13 bits per heavy atom. The van der Waals surface area contributed by atoms with Gasteiger partial charge in [-0.1, -0.05) is 0 Å². The van der Waals surface area contributed by atoms with E-state index in [1.54, 1.807) is 43.3 Å². The third kappa shape index (κ3) is 5.31. The fourth-order valence-electron chi connectivity index (χ4n) is 2.70. The molecule has 0 spiro atoms. The number of hydrogen-bond donors (Lipinski definition) is 4. The Morgan fingerprint density at radius 3 is 2.30 bits per heavy atom. The molecule has 0 saturated heterocycles. The monoisotopic (exact) mass is 411 g/mol. The van der Waals surface area contributed by atoms with Crippen molar-refractivity contribution in [2.24, 2.45) is 5.73 Å². The lowest BCUT2D eigenvalue weighted by Crippen LogP contribution is -2.32. The van der Waals surface area contributed by atoms with Crippen LogP contribution >= 0.6 is 0 Å². The van der Waals surface area contributed by atoms with E-state index in [1.165, 1.54) is 24.3 Å². The number of carbonyl (C=O) groups excluding carboxylic acids is 1. The van der Waals surface area contributed by atoms with Crippen molar-refractivity contribution in [3.05, 3.63) is 72.2 Å². The second kappa shape index (κ2) is 9.34. The summed E-state index contributed by atoms with van der Waals surface area (Å²) in [6.07, 6.45) is -1.17. The number of carbonyl (C=O) groups is 1. The number of aliphatic hydroxyl groups is 2. The van der Waals surface area contributed by atoms with E-state index in [1.807, 2.05) is 0 Å². The standard InChI is InChI=1S/C22H22FN3O4/c1-13(22(24)29)25-16-10-19(26-20(11-16)21(28)12-27)14-2-6-17(7-3-14)30-18-8-4-15(23)5-9-18/h2-11,13,21,27-28H,12H2,1H3,(H2,24,29)(H,25,26)/t13-,21+/m0/s1. The highest BCUT2D eigenvalue weighted by atomic mass is 19.1. The van der Waals surface area contributed by atoms with Crippen LogP contribution < -0.4 is 15.8 Å². The molecular formula is C22H22FN3O4. The van der Waals surface area contributed by atoms with E-state index in [9.17, 15) is 19.4 Å². The van der Waals surface area contributed by atoms with E-state index in [0.29, 0.717) is 22.9 Å². The molecule has 1 heterocycles. The van der Waals surface area contributed by atoms with Gasteiger partial charge in [-0.05, 0) is 67.6 Å². The second-order valence-electron chi connectivity index (χ2n) is 6.71. The highest BCUT2D eigenvalue weighted by Gasteiger charge is 2.15. The lowest BCUT2D eigenvalue weighted by Gasteiger charge is -2.16. The Bertz CT molecular complexity index is 1010. The zero-order valence-electron chi connectivity index (χ0n) is 16.2. The lowest BCUT2D eigenvalue weighted by atomic mass is 10.1. The zero-order chi connectivity index (χ0) is 21.7. The normalized spacial score (nSPS) is 12.8. The van der Waals surface area contributed by atoms with Crippen LogP contribution in [0.25, 0.3) is 11.3 Å². The van der Waals surface area contributed by atoms with Crippen LogP contribution in [0.4, 0.5) is 10.1 Å². The number of rotatable bonds is 8. The molecule has 3 rings (SSSR count). The predicted molar refractivity (Wildman–Crippen MR) is 110 cm³/mol. The first-order valence-electron chi connectivity index (χ1n) is 9.26. The Labute approximate surface area is 173 Å². The molecule has 3 aromatic rings. The molecule has 0 aliphatic heterocycles. The topological polar surface area (TPSA) is 118 Å². The summed E-state index contributed by atoms with van der Waals surface area (Å²) < 4.78 is 18.7. The third-order valence-electron chi connectivity index (χ3n) is 4.37. The van der Waals surface area contributed by atoms with Gasteiger partial charge in [0.25, 0.3) is 0 Å². The number of nitrogens with one attached hydrogen (secondary N) is 1. The Morgan fingerprint density at radius 2 is 1.73 bits per heavy atom. The summed E-state index contributed by atoms with van der Waals surface area (Å²) in [4.78, 5) is 15.8. The van der Waals surface area contributed by atoms with Crippen molar-refractivity contribution in [2.75, 3.05) is 11.9 Å². The quantitative estimate of drug-likeness (QED) is 0.453. The van der Waals surface area contributed by atoms with E-state index in [4.69, 9.17) is 10.5 Å². The summed E-state index contributed by atoms with van der Waals surface area (Å²) in [6.45, 7) is 1.12. The molecule has 0 unspecified atom stereocenters. The molecule has 2 atom stereocenters. The number of halogens is 1. The Balaban J connectivity index is 1.87. The van der Waals surface area contributed by atoms with Gasteiger partial charge >= 0.3 is 0 Å². The number of aliphatic hydroxyl groups excluding tert-OH is 2. The van der Waals surface area contributed by atoms with Crippen molar-refractivity contribution in [3.63, 3.8) is 0 Å². The molecule has 0 saturated carbocycles. The molecule has 1 amide bonds. The summed E-state index contributed by atoms with van der Waals surface area (Å²) in [7, 11) is 0. The van der Waals surface area contributed by atoms with Gasteiger partial charge in [0.1, 0.15) is 29.5 Å². The summed E-state index contributed by atoms with van der Waals surface area (Å²) >= 11 is 0. The maximum Gasteiger partial charge on any atom is 0.239 e. The first kappa shape index (κ1) is 21.2. The number of nitrogens with two attached hydrogens (primary N) is 1. The number of amides is 1. The number of aromatic nitrogens is 1. The van der Waals surface area contributed by atoms with Gasteiger partial charge in [-0.3, -0.25) is 4.79 Å². The van der Waals surface area contributed by atoms with E-state index < -0.39 is 24.7 Å². The van der Waals surface area contributed by atoms with Crippen molar-refractivity contribution < 1.29 is 24.1 Å². The number of hydrogen-bond acceptors (Lipinski definition) is 6. The van der Waals surface area contributed by atoms with Crippen molar-refractivity contribution in [1.29, 1.82) is 0 Å². The molecule has 8 heteroatoms. The van der Waals surface area contributed by atoms with Crippen LogP contribution in [0.3, 0.4) is 0 Å². The number of anilines is 1. The van der Waals surface area contributed by atoms with Crippen LogP contribution in [-0.2, 0) is 4.79 Å². The van der Waals surface area contributed by atoms with Crippen LogP contribution in [0.1, 0.15) is 18.7 Å². The van der Waals surface area contributed by atoms with Crippen LogP contribution in [0.5, 0.6) is 11.5 Å². The minimum Gasteiger partial charge on any atom is -0.457 e. The summed E-state index contributed by atoms with van der Waals surface area (Å²) in [6, 6.07) is 15.3. The van der Waals surface area contributed by atoms with Crippen molar-refractivity contribution >= 4 is 11.6 Å².